The summed E-state index contributed by atoms with van der Waals surface area (Å²) in [6.45, 7) is 5.81. The maximum Gasteiger partial charge on any atom is 0.230 e. The maximum atomic E-state index is 12.7. The number of nitrogens with two attached hydrogens (primary N) is 1. The molecule has 1 aromatic carbocycles. The van der Waals surface area contributed by atoms with E-state index in [9.17, 15) is 4.79 Å². The van der Waals surface area contributed by atoms with E-state index in [2.05, 4.69) is 6.92 Å². The topological polar surface area (TPSA) is 55.6 Å². The Balaban J connectivity index is 2.09. The summed E-state index contributed by atoms with van der Waals surface area (Å²) >= 11 is 0. The second kappa shape index (κ2) is 6.86. The van der Waals surface area contributed by atoms with Crippen LogP contribution in [-0.4, -0.2) is 42.6 Å². The normalized spacial score (nSPS) is 22.4. The van der Waals surface area contributed by atoms with Gasteiger partial charge in [0.2, 0.25) is 5.91 Å². The molecule has 1 aliphatic heterocycles. The molecule has 2 rings (SSSR count). The zero-order valence-electron chi connectivity index (χ0n) is 12.3. The van der Waals surface area contributed by atoms with Crippen molar-refractivity contribution >= 4 is 5.91 Å². The summed E-state index contributed by atoms with van der Waals surface area (Å²) in [5, 5.41) is 0. The number of rotatable bonds is 4. The minimum Gasteiger partial charge on any atom is -0.373 e. The molecule has 0 spiro atoms. The third-order valence-electron chi connectivity index (χ3n) is 3.90. The van der Waals surface area contributed by atoms with E-state index < -0.39 is 0 Å². The van der Waals surface area contributed by atoms with E-state index in [1.54, 1.807) is 0 Å². The minimum absolute atomic E-state index is 0.0533. The first-order valence-electron chi connectivity index (χ1n) is 7.34. The average Bonchev–Trinajstić information content (AvgIpc) is 2.49. The molecular weight excluding hydrogens is 252 g/mol. The van der Waals surface area contributed by atoms with Crippen LogP contribution in [0.5, 0.6) is 0 Å². The zero-order chi connectivity index (χ0) is 14.5. The molecule has 0 aliphatic carbocycles. The Morgan fingerprint density at radius 3 is 2.75 bits per heavy atom. The van der Waals surface area contributed by atoms with Gasteiger partial charge in [-0.25, -0.2) is 0 Å². The molecule has 3 unspecified atom stereocenters. The van der Waals surface area contributed by atoms with Crippen LogP contribution in [0.2, 0.25) is 0 Å². The van der Waals surface area contributed by atoms with Crippen molar-refractivity contribution in [2.75, 3.05) is 19.7 Å². The summed E-state index contributed by atoms with van der Waals surface area (Å²) < 4.78 is 5.62. The second-order valence-electron chi connectivity index (χ2n) is 5.42. The van der Waals surface area contributed by atoms with Crippen molar-refractivity contribution in [3.63, 3.8) is 0 Å². The second-order valence-corrected chi connectivity index (χ2v) is 5.42. The van der Waals surface area contributed by atoms with Gasteiger partial charge in [-0.2, -0.15) is 0 Å². The summed E-state index contributed by atoms with van der Waals surface area (Å²) in [5.74, 6) is 0.121. The van der Waals surface area contributed by atoms with Gasteiger partial charge in [-0.05, 0) is 18.9 Å². The van der Waals surface area contributed by atoms with Gasteiger partial charge < -0.3 is 15.4 Å². The van der Waals surface area contributed by atoms with E-state index >= 15 is 0 Å². The van der Waals surface area contributed by atoms with Crippen LogP contribution in [0, 0.1) is 0 Å². The number of carbonyl (C=O) groups is 1. The molecule has 1 aliphatic rings. The lowest BCUT2D eigenvalue weighted by molar-refractivity contribution is -0.141. The molecule has 3 atom stereocenters. The monoisotopic (exact) mass is 276 g/mol. The maximum absolute atomic E-state index is 12.7. The Kier molecular flexibility index (Phi) is 5.15. The van der Waals surface area contributed by atoms with Crippen LogP contribution in [0.25, 0.3) is 0 Å². The van der Waals surface area contributed by atoms with Crippen molar-refractivity contribution < 1.29 is 9.53 Å². The Morgan fingerprint density at radius 2 is 2.15 bits per heavy atom. The van der Waals surface area contributed by atoms with Gasteiger partial charge in [-0.1, -0.05) is 37.3 Å². The standard InChI is InChI=1S/C16H24N2O2/c1-3-14(13-7-5-4-6-8-13)16(19)18-9-10-20-15(11-18)12(2)17/h4-8,12,14-15H,3,9-11,17H2,1-2H3. The van der Waals surface area contributed by atoms with Crippen LogP contribution in [0.15, 0.2) is 30.3 Å². The van der Waals surface area contributed by atoms with Gasteiger partial charge in [0.1, 0.15) is 0 Å². The van der Waals surface area contributed by atoms with Crippen LogP contribution in [-0.2, 0) is 9.53 Å². The van der Waals surface area contributed by atoms with Gasteiger partial charge in [0, 0.05) is 19.1 Å². The van der Waals surface area contributed by atoms with Gasteiger partial charge >= 0.3 is 0 Å². The SMILES string of the molecule is CCC(C(=O)N1CCOC(C(C)N)C1)c1ccccc1. The van der Waals surface area contributed by atoms with Crippen molar-refractivity contribution in [1.29, 1.82) is 0 Å². The third kappa shape index (κ3) is 3.38. The van der Waals surface area contributed by atoms with E-state index in [1.807, 2.05) is 42.2 Å². The molecule has 1 aromatic rings. The molecule has 110 valence electrons. The molecule has 1 amide bonds. The predicted octanol–water partition coefficient (Wildman–Crippen LogP) is 1.75. The van der Waals surface area contributed by atoms with Crippen LogP contribution in [0.1, 0.15) is 31.7 Å². The van der Waals surface area contributed by atoms with Gasteiger partial charge in [0.05, 0.1) is 18.6 Å². The highest BCUT2D eigenvalue weighted by molar-refractivity contribution is 5.83. The lowest BCUT2D eigenvalue weighted by Crippen LogP contribution is -2.52. The fourth-order valence-electron chi connectivity index (χ4n) is 2.65. The Bertz CT molecular complexity index is 433. The highest BCUT2D eigenvalue weighted by Gasteiger charge is 2.30. The first kappa shape index (κ1) is 15.0. The number of morpholine rings is 1. The highest BCUT2D eigenvalue weighted by Crippen LogP contribution is 2.23. The summed E-state index contributed by atoms with van der Waals surface area (Å²) in [7, 11) is 0. The van der Waals surface area contributed by atoms with Crippen molar-refractivity contribution in [2.24, 2.45) is 5.73 Å². The Hall–Kier alpha value is -1.39. The van der Waals surface area contributed by atoms with Crippen LogP contribution in [0.3, 0.4) is 0 Å². The van der Waals surface area contributed by atoms with Gasteiger partial charge in [0.15, 0.2) is 0 Å². The number of hydrogen-bond donors (Lipinski definition) is 1. The van der Waals surface area contributed by atoms with Crippen LogP contribution in [0.4, 0.5) is 0 Å². The van der Waals surface area contributed by atoms with E-state index in [-0.39, 0.29) is 24.0 Å². The fourth-order valence-corrected chi connectivity index (χ4v) is 2.65. The van der Waals surface area contributed by atoms with Crippen molar-refractivity contribution in [3.05, 3.63) is 35.9 Å². The third-order valence-corrected chi connectivity index (χ3v) is 3.90. The molecule has 4 heteroatoms. The largest absolute Gasteiger partial charge is 0.373 e. The molecule has 0 bridgehead atoms. The summed E-state index contributed by atoms with van der Waals surface area (Å²) in [6, 6.07) is 9.93. The van der Waals surface area contributed by atoms with Crippen molar-refractivity contribution in [1.82, 2.24) is 4.90 Å². The minimum atomic E-state index is -0.0666. The smallest absolute Gasteiger partial charge is 0.230 e. The number of hydrogen-bond acceptors (Lipinski definition) is 3. The number of carbonyl (C=O) groups excluding carboxylic acids is 1. The lowest BCUT2D eigenvalue weighted by Gasteiger charge is -2.36. The molecule has 2 N–H and O–H groups in total. The molecule has 4 nitrogen and oxygen atoms in total. The Morgan fingerprint density at radius 1 is 1.45 bits per heavy atom. The van der Waals surface area contributed by atoms with Crippen LogP contribution >= 0.6 is 0 Å². The number of nitrogens with zero attached hydrogens (tertiary/aromatic N) is 1. The summed E-state index contributed by atoms with van der Waals surface area (Å²) in [5.41, 5.74) is 6.97. The van der Waals surface area contributed by atoms with Crippen molar-refractivity contribution in [3.8, 4) is 0 Å². The first-order chi connectivity index (χ1) is 9.63. The van der Waals surface area contributed by atoms with E-state index in [0.717, 1.165) is 12.0 Å². The molecular formula is C16H24N2O2. The van der Waals surface area contributed by atoms with Gasteiger partial charge in [-0.3, -0.25) is 4.79 Å². The molecule has 1 saturated heterocycles. The van der Waals surface area contributed by atoms with Crippen molar-refractivity contribution in [2.45, 2.75) is 38.3 Å². The number of amides is 1. The molecule has 1 fully saturated rings. The molecule has 1 heterocycles. The first-order valence-corrected chi connectivity index (χ1v) is 7.34. The van der Waals surface area contributed by atoms with Gasteiger partial charge in [-0.15, -0.1) is 0 Å². The number of ether oxygens (including phenoxy) is 1. The fraction of sp³-hybridized carbons (Fsp3) is 0.562. The molecule has 0 saturated carbocycles. The van der Waals surface area contributed by atoms with E-state index in [4.69, 9.17) is 10.5 Å². The quantitative estimate of drug-likeness (QED) is 0.911. The summed E-state index contributed by atoms with van der Waals surface area (Å²) in [6.07, 6.45) is 0.754. The average molecular weight is 276 g/mol. The molecule has 0 radical (unpaired) electrons. The zero-order valence-corrected chi connectivity index (χ0v) is 12.3. The van der Waals surface area contributed by atoms with E-state index in [1.165, 1.54) is 0 Å². The predicted molar refractivity (Wildman–Crippen MR) is 79.4 cm³/mol. The highest BCUT2D eigenvalue weighted by atomic mass is 16.5. The molecule has 20 heavy (non-hydrogen) atoms. The lowest BCUT2D eigenvalue weighted by atomic mass is 9.94. The summed E-state index contributed by atoms with van der Waals surface area (Å²) in [4.78, 5) is 14.6. The van der Waals surface area contributed by atoms with Crippen LogP contribution < -0.4 is 5.73 Å². The van der Waals surface area contributed by atoms with Gasteiger partial charge in [0.25, 0.3) is 0 Å². The number of benzene rings is 1. The Labute approximate surface area is 120 Å². The van der Waals surface area contributed by atoms with E-state index in [0.29, 0.717) is 19.7 Å². The molecule has 0 aromatic heterocycles.